The number of piperazine rings is 1. The second-order valence-electron chi connectivity index (χ2n) is 6.12. The van der Waals surface area contributed by atoms with E-state index >= 15 is 0 Å². The fourth-order valence-corrected chi connectivity index (χ4v) is 3.14. The molecule has 2 unspecified atom stereocenters. The van der Waals surface area contributed by atoms with Crippen molar-refractivity contribution in [2.75, 3.05) is 32.7 Å². The van der Waals surface area contributed by atoms with Gasteiger partial charge in [-0.05, 0) is 52.1 Å². The van der Waals surface area contributed by atoms with E-state index in [-0.39, 0.29) is 0 Å². The molecule has 0 aromatic carbocycles. The standard InChI is InChI=1S/C14H26N4/c1-14(16,12-15)6-2-3-7-17-9-10-18-8-4-5-13(18)11-17/h13H,2-11,16H2,1H3. The van der Waals surface area contributed by atoms with Crippen molar-refractivity contribution in [1.82, 2.24) is 9.80 Å². The molecule has 4 heteroatoms. The highest BCUT2D eigenvalue weighted by Gasteiger charge is 2.30. The van der Waals surface area contributed by atoms with Crippen molar-refractivity contribution in [3.63, 3.8) is 0 Å². The fraction of sp³-hybridized carbons (Fsp3) is 0.929. The van der Waals surface area contributed by atoms with Gasteiger partial charge >= 0.3 is 0 Å². The van der Waals surface area contributed by atoms with Gasteiger partial charge in [0.25, 0.3) is 0 Å². The van der Waals surface area contributed by atoms with Crippen LogP contribution in [0.1, 0.15) is 39.0 Å². The average molecular weight is 250 g/mol. The molecule has 0 saturated carbocycles. The Balaban J connectivity index is 1.62. The summed E-state index contributed by atoms with van der Waals surface area (Å²) < 4.78 is 0. The van der Waals surface area contributed by atoms with Gasteiger partial charge in [0.15, 0.2) is 0 Å². The molecule has 2 aliphatic heterocycles. The zero-order valence-electron chi connectivity index (χ0n) is 11.6. The highest BCUT2D eigenvalue weighted by Crippen LogP contribution is 2.21. The molecule has 2 aliphatic rings. The molecule has 0 aromatic rings. The van der Waals surface area contributed by atoms with Crippen LogP contribution in [0.15, 0.2) is 0 Å². The van der Waals surface area contributed by atoms with Gasteiger partial charge in [0.05, 0.1) is 6.07 Å². The lowest BCUT2D eigenvalue weighted by Gasteiger charge is -2.37. The average Bonchev–Trinajstić information content (AvgIpc) is 2.82. The third-order valence-electron chi connectivity index (χ3n) is 4.35. The smallest absolute Gasteiger partial charge is 0.101 e. The van der Waals surface area contributed by atoms with Crippen LogP contribution in [0.25, 0.3) is 0 Å². The molecule has 0 aliphatic carbocycles. The first-order chi connectivity index (χ1) is 8.61. The Bertz CT molecular complexity index is 307. The molecule has 2 saturated heterocycles. The summed E-state index contributed by atoms with van der Waals surface area (Å²) in [6.45, 7) is 8.02. The molecule has 0 radical (unpaired) electrons. The van der Waals surface area contributed by atoms with Crippen LogP contribution in [-0.2, 0) is 0 Å². The second kappa shape index (κ2) is 6.01. The van der Waals surface area contributed by atoms with Crippen LogP contribution in [0.2, 0.25) is 0 Å². The van der Waals surface area contributed by atoms with Gasteiger partial charge in [-0.15, -0.1) is 0 Å². The number of fused-ring (bicyclic) bond motifs is 1. The molecule has 2 rings (SSSR count). The van der Waals surface area contributed by atoms with Crippen LogP contribution >= 0.6 is 0 Å². The molecule has 2 heterocycles. The van der Waals surface area contributed by atoms with E-state index < -0.39 is 5.54 Å². The minimum absolute atomic E-state index is 0.635. The Morgan fingerprint density at radius 3 is 2.94 bits per heavy atom. The number of nitriles is 1. The molecule has 102 valence electrons. The van der Waals surface area contributed by atoms with E-state index in [1.54, 1.807) is 0 Å². The van der Waals surface area contributed by atoms with Crippen LogP contribution in [0.4, 0.5) is 0 Å². The molecule has 4 nitrogen and oxygen atoms in total. The number of nitrogens with two attached hydrogens (primary N) is 1. The van der Waals surface area contributed by atoms with Crippen LogP contribution in [0, 0.1) is 11.3 Å². The normalized spacial score (nSPS) is 28.6. The molecule has 0 amide bonds. The monoisotopic (exact) mass is 250 g/mol. The first kappa shape index (κ1) is 13.8. The maximum Gasteiger partial charge on any atom is 0.101 e. The third-order valence-corrected chi connectivity index (χ3v) is 4.35. The van der Waals surface area contributed by atoms with Gasteiger partial charge in [0.2, 0.25) is 0 Å². The van der Waals surface area contributed by atoms with Crippen molar-refractivity contribution >= 4 is 0 Å². The predicted molar refractivity (Wildman–Crippen MR) is 73.1 cm³/mol. The van der Waals surface area contributed by atoms with E-state index in [0.29, 0.717) is 0 Å². The SMILES string of the molecule is CC(N)(C#N)CCCCN1CCN2CCCC2C1. The highest BCUT2D eigenvalue weighted by molar-refractivity contribution is 5.00. The molecule has 18 heavy (non-hydrogen) atoms. The van der Waals surface area contributed by atoms with Crippen LogP contribution in [0.5, 0.6) is 0 Å². The van der Waals surface area contributed by atoms with E-state index in [0.717, 1.165) is 18.9 Å². The Labute approximate surface area is 111 Å². The Hall–Kier alpha value is -0.630. The largest absolute Gasteiger partial charge is 0.314 e. The first-order valence-corrected chi connectivity index (χ1v) is 7.27. The van der Waals surface area contributed by atoms with E-state index in [4.69, 9.17) is 11.0 Å². The van der Waals surface area contributed by atoms with Crippen LogP contribution < -0.4 is 5.73 Å². The third kappa shape index (κ3) is 3.68. The zero-order valence-corrected chi connectivity index (χ0v) is 11.6. The zero-order chi connectivity index (χ0) is 13.0. The van der Waals surface area contributed by atoms with Crippen molar-refractivity contribution in [2.45, 2.75) is 50.6 Å². The quantitative estimate of drug-likeness (QED) is 0.744. The van der Waals surface area contributed by atoms with E-state index in [2.05, 4.69) is 15.9 Å². The molecule has 2 atom stereocenters. The van der Waals surface area contributed by atoms with Gasteiger partial charge in [-0.3, -0.25) is 4.90 Å². The molecule has 2 N–H and O–H groups in total. The van der Waals surface area contributed by atoms with Crippen molar-refractivity contribution in [3.05, 3.63) is 0 Å². The summed E-state index contributed by atoms with van der Waals surface area (Å²) in [7, 11) is 0. The van der Waals surface area contributed by atoms with Crippen molar-refractivity contribution in [1.29, 1.82) is 5.26 Å². The van der Waals surface area contributed by atoms with Crippen molar-refractivity contribution < 1.29 is 0 Å². The van der Waals surface area contributed by atoms with E-state index in [1.165, 1.54) is 52.0 Å². The molecule has 0 aromatic heterocycles. The number of unbranched alkanes of at least 4 members (excludes halogenated alkanes) is 1. The summed E-state index contributed by atoms with van der Waals surface area (Å²) in [5.41, 5.74) is 5.19. The Kier molecular flexibility index (Phi) is 4.60. The van der Waals surface area contributed by atoms with Gasteiger partial charge in [0.1, 0.15) is 5.54 Å². The number of hydrogen-bond donors (Lipinski definition) is 1. The van der Waals surface area contributed by atoms with Crippen LogP contribution in [0.3, 0.4) is 0 Å². The van der Waals surface area contributed by atoms with Crippen LogP contribution in [-0.4, -0.2) is 54.1 Å². The summed E-state index contributed by atoms with van der Waals surface area (Å²) in [6.07, 6.45) is 5.80. The lowest BCUT2D eigenvalue weighted by molar-refractivity contribution is 0.103. The van der Waals surface area contributed by atoms with E-state index in [9.17, 15) is 0 Å². The molecule has 2 fully saturated rings. The minimum atomic E-state index is -0.635. The van der Waals surface area contributed by atoms with Crippen molar-refractivity contribution in [2.24, 2.45) is 5.73 Å². The lowest BCUT2D eigenvalue weighted by atomic mass is 9.98. The number of nitrogens with zero attached hydrogens (tertiary/aromatic N) is 3. The van der Waals surface area contributed by atoms with Crippen molar-refractivity contribution in [3.8, 4) is 6.07 Å². The Morgan fingerprint density at radius 2 is 2.17 bits per heavy atom. The molecular weight excluding hydrogens is 224 g/mol. The summed E-state index contributed by atoms with van der Waals surface area (Å²) in [4.78, 5) is 5.23. The predicted octanol–water partition coefficient (Wildman–Crippen LogP) is 1.18. The second-order valence-corrected chi connectivity index (χ2v) is 6.12. The van der Waals surface area contributed by atoms with E-state index in [1.807, 2.05) is 6.92 Å². The summed E-state index contributed by atoms with van der Waals surface area (Å²) in [6, 6.07) is 2.98. The maximum absolute atomic E-state index is 8.85. The summed E-state index contributed by atoms with van der Waals surface area (Å²) in [5, 5.41) is 8.85. The van der Waals surface area contributed by atoms with Gasteiger partial charge in [0, 0.05) is 25.7 Å². The summed E-state index contributed by atoms with van der Waals surface area (Å²) in [5.74, 6) is 0. The molecule has 0 bridgehead atoms. The van der Waals surface area contributed by atoms with Gasteiger partial charge in [-0.1, -0.05) is 0 Å². The number of hydrogen-bond acceptors (Lipinski definition) is 4. The Morgan fingerprint density at radius 1 is 1.33 bits per heavy atom. The minimum Gasteiger partial charge on any atom is -0.314 e. The van der Waals surface area contributed by atoms with Gasteiger partial charge < -0.3 is 10.6 Å². The number of rotatable bonds is 5. The first-order valence-electron chi connectivity index (χ1n) is 7.27. The van der Waals surface area contributed by atoms with Gasteiger partial charge in [-0.2, -0.15) is 5.26 Å². The topological polar surface area (TPSA) is 56.3 Å². The maximum atomic E-state index is 8.85. The summed E-state index contributed by atoms with van der Waals surface area (Å²) >= 11 is 0. The fourth-order valence-electron chi connectivity index (χ4n) is 3.14. The van der Waals surface area contributed by atoms with Gasteiger partial charge in [-0.25, -0.2) is 0 Å². The highest BCUT2D eigenvalue weighted by atomic mass is 15.3. The lowest BCUT2D eigenvalue weighted by Crippen LogP contribution is -2.50. The molecular formula is C14H26N4. The molecule has 0 spiro atoms.